The SMILES string of the molecule is CCCC(C(=O)NC(CC(=O)O)c1ccccc1)C(C)C. The molecule has 21 heavy (non-hydrogen) atoms. The Kier molecular flexibility index (Phi) is 6.92. The Labute approximate surface area is 126 Å². The summed E-state index contributed by atoms with van der Waals surface area (Å²) >= 11 is 0. The molecule has 2 N–H and O–H groups in total. The Bertz CT molecular complexity index is 456. The van der Waals surface area contributed by atoms with Crippen molar-refractivity contribution >= 4 is 11.9 Å². The van der Waals surface area contributed by atoms with E-state index in [1.165, 1.54) is 0 Å². The fourth-order valence-corrected chi connectivity index (χ4v) is 2.47. The summed E-state index contributed by atoms with van der Waals surface area (Å²) in [6.45, 7) is 6.10. The highest BCUT2D eigenvalue weighted by molar-refractivity contribution is 5.80. The van der Waals surface area contributed by atoms with Crippen molar-refractivity contribution in [2.45, 2.75) is 46.1 Å². The number of aliphatic carboxylic acids is 1. The number of carboxylic acids is 1. The molecule has 1 aromatic rings. The number of carboxylic acid groups (broad SMARTS) is 1. The second-order valence-corrected chi connectivity index (χ2v) is 5.71. The molecular formula is C17H25NO3. The predicted octanol–water partition coefficient (Wildman–Crippen LogP) is 3.39. The highest BCUT2D eigenvalue weighted by atomic mass is 16.4. The first-order valence-electron chi connectivity index (χ1n) is 7.52. The minimum atomic E-state index is -0.916. The maximum absolute atomic E-state index is 12.4. The molecule has 0 bridgehead atoms. The zero-order valence-electron chi connectivity index (χ0n) is 13.0. The van der Waals surface area contributed by atoms with E-state index in [0.29, 0.717) is 0 Å². The van der Waals surface area contributed by atoms with Crippen LogP contribution in [0.25, 0.3) is 0 Å². The van der Waals surface area contributed by atoms with Gasteiger partial charge in [-0.25, -0.2) is 0 Å². The molecule has 0 aliphatic carbocycles. The van der Waals surface area contributed by atoms with Crippen molar-refractivity contribution in [2.75, 3.05) is 0 Å². The average Bonchev–Trinajstić information content (AvgIpc) is 2.44. The lowest BCUT2D eigenvalue weighted by atomic mass is 9.90. The van der Waals surface area contributed by atoms with Crippen molar-refractivity contribution in [3.63, 3.8) is 0 Å². The van der Waals surface area contributed by atoms with E-state index in [1.54, 1.807) is 0 Å². The molecule has 4 heteroatoms. The topological polar surface area (TPSA) is 66.4 Å². The Morgan fingerprint density at radius 1 is 1.19 bits per heavy atom. The zero-order chi connectivity index (χ0) is 15.8. The van der Waals surface area contributed by atoms with Crippen molar-refractivity contribution in [3.8, 4) is 0 Å². The van der Waals surface area contributed by atoms with Gasteiger partial charge in [0.1, 0.15) is 0 Å². The van der Waals surface area contributed by atoms with Gasteiger partial charge in [0.15, 0.2) is 0 Å². The van der Waals surface area contributed by atoms with Crippen LogP contribution in [0.3, 0.4) is 0 Å². The summed E-state index contributed by atoms with van der Waals surface area (Å²) < 4.78 is 0. The third-order valence-corrected chi connectivity index (χ3v) is 3.64. The van der Waals surface area contributed by atoms with Gasteiger partial charge in [0.05, 0.1) is 12.5 Å². The lowest BCUT2D eigenvalue weighted by Gasteiger charge is -2.24. The van der Waals surface area contributed by atoms with Crippen LogP contribution in [0.4, 0.5) is 0 Å². The number of carbonyl (C=O) groups excluding carboxylic acids is 1. The number of rotatable bonds is 8. The average molecular weight is 291 g/mol. The van der Waals surface area contributed by atoms with Gasteiger partial charge in [0.25, 0.3) is 0 Å². The Balaban J connectivity index is 2.85. The molecule has 0 fully saturated rings. The van der Waals surface area contributed by atoms with Crippen LogP contribution in [0, 0.1) is 11.8 Å². The van der Waals surface area contributed by atoms with Crippen LogP contribution in [0.15, 0.2) is 30.3 Å². The third-order valence-electron chi connectivity index (χ3n) is 3.64. The number of benzene rings is 1. The molecule has 0 radical (unpaired) electrons. The summed E-state index contributed by atoms with van der Waals surface area (Å²) in [5.74, 6) is -0.802. The molecular weight excluding hydrogens is 266 g/mol. The summed E-state index contributed by atoms with van der Waals surface area (Å²) in [6.07, 6.45) is 1.65. The van der Waals surface area contributed by atoms with Crippen LogP contribution in [-0.2, 0) is 9.59 Å². The number of amides is 1. The van der Waals surface area contributed by atoms with Gasteiger partial charge in [-0.2, -0.15) is 0 Å². The quantitative estimate of drug-likeness (QED) is 0.771. The molecule has 0 spiro atoms. The van der Waals surface area contributed by atoms with Gasteiger partial charge < -0.3 is 10.4 Å². The van der Waals surface area contributed by atoms with E-state index in [9.17, 15) is 9.59 Å². The van der Waals surface area contributed by atoms with E-state index >= 15 is 0 Å². The smallest absolute Gasteiger partial charge is 0.305 e. The summed E-state index contributed by atoms with van der Waals surface area (Å²) in [5, 5.41) is 12.0. The molecule has 1 aromatic carbocycles. The second-order valence-electron chi connectivity index (χ2n) is 5.71. The van der Waals surface area contributed by atoms with Gasteiger partial charge in [0, 0.05) is 5.92 Å². The van der Waals surface area contributed by atoms with Gasteiger partial charge >= 0.3 is 5.97 Å². The predicted molar refractivity (Wildman–Crippen MR) is 82.8 cm³/mol. The van der Waals surface area contributed by atoms with Gasteiger partial charge in [-0.05, 0) is 17.9 Å². The van der Waals surface area contributed by atoms with Crippen LogP contribution >= 0.6 is 0 Å². The van der Waals surface area contributed by atoms with Gasteiger partial charge in [0.2, 0.25) is 5.91 Å². The first-order chi connectivity index (χ1) is 9.95. The maximum atomic E-state index is 12.4. The molecule has 0 aromatic heterocycles. The standard InChI is InChI=1S/C17H25NO3/c1-4-8-14(12(2)3)17(21)18-15(11-16(19)20)13-9-6-5-7-10-13/h5-7,9-10,12,14-15H,4,8,11H2,1-3H3,(H,18,21)(H,19,20). The summed E-state index contributed by atoms with van der Waals surface area (Å²) in [5.41, 5.74) is 0.826. The first kappa shape index (κ1) is 17.2. The van der Waals surface area contributed by atoms with Crippen molar-refractivity contribution in [1.82, 2.24) is 5.32 Å². The second kappa shape index (κ2) is 8.45. The van der Waals surface area contributed by atoms with Crippen LogP contribution in [0.5, 0.6) is 0 Å². The Morgan fingerprint density at radius 3 is 2.29 bits per heavy atom. The lowest BCUT2D eigenvalue weighted by molar-refractivity contribution is -0.138. The van der Waals surface area contributed by atoms with Crippen molar-refractivity contribution in [2.24, 2.45) is 11.8 Å². The summed E-state index contributed by atoms with van der Waals surface area (Å²) in [6, 6.07) is 8.78. The van der Waals surface area contributed by atoms with E-state index in [1.807, 2.05) is 44.2 Å². The van der Waals surface area contributed by atoms with Crippen molar-refractivity contribution in [3.05, 3.63) is 35.9 Å². The molecule has 1 rings (SSSR count). The first-order valence-corrected chi connectivity index (χ1v) is 7.52. The monoisotopic (exact) mass is 291 g/mol. The minimum absolute atomic E-state index is 0.0537. The largest absolute Gasteiger partial charge is 0.481 e. The van der Waals surface area contributed by atoms with Crippen LogP contribution in [0.2, 0.25) is 0 Å². The van der Waals surface area contributed by atoms with E-state index in [-0.39, 0.29) is 24.2 Å². The summed E-state index contributed by atoms with van der Waals surface area (Å²) in [7, 11) is 0. The van der Waals surface area contributed by atoms with Gasteiger partial charge in [-0.3, -0.25) is 9.59 Å². The fourth-order valence-electron chi connectivity index (χ4n) is 2.47. The Hall–Kier alpha value is -1.84. The van der Waals surface area contributed by atoms with E-state index < -0.39 is 12.0 Å². The lowest BCUT2D eigenvalue weighted by Crippen LogP contribution is -2.37. The van der Waals surface area contributed by atoms with E-state index in [0.717, 1.165) is 18.4 Å². The van der Waals surface area contributed by atoms with Gasteiger partial charge in [-0.1, -0.05) is 57.5 Å². The number of carbonyl (C=O) groups is 2. The molecule has 1 amide bonds. The normalized spacial score (nSPS) is 13.7. The van der Waals surface area contributed by atoms with Crippen LogP contribution in [0.1, 0.15) is 51.6 Å². The Morgan fingerprint density at radius 2 is 1.81 bits per heavy atom. The maximum Gasteiger partial charge on any atom is 0.305 e. The molecule has 0 aliphatic heterocycles. The van der Waals surface area contributed by atoms with Gasteiger partial charge in [-0.15, -0.1) is 0 Å². The third kappa shape index (κ3) is 5.58. The molecule has 0 heterocycles. The molecule has 0 aliphatic rings. The summed E-state index contributed by atoms with van der Waals surface area (Å²) in [4.78, 5) is 23.5. The molecule has 0 saturated heterocycles. The van der Waals surface area contributed by atoms with Crippen LogP contribution < -0.4 is 5.32 Å². The highest BCUT2D eigenvalue weighted by Crippen LogP contribution is 2.21. The zero-order valence-corrected chi connectivity index (χ0v) is 13.0. The fraction of sp³-hybridized carbons (Fsp3) is 0.529. The van der Waals surface area contributed by atoms with Crippen molar-refractivity contribution < 1.29 is 14.7 Å². The van der Waals surface area contributed by atoms with E-state index in [2.05, 4.69) is 12.2 Å². The molecule has 116 valence electrons. The number of hydrogen-bond acceptors (Lipinski definition) is 2. The highest BCUT2D eigenvalue weighted by Gasteiger charge is 2.25. The minimum Gasteiger partial charge on any atom is -0.481 e. The van der Waals surface area contributed by atoms with Crippen molar-refractivity contribution in [1.29, 1.82) is 0 Å². The number of hydrogen-bond donors (Lipinski definition) is 2. The van der Waals surface area contributed by atoms with E-state index in [4.69, 9.17) is 5.11 Å². The van der Waals surface area contributed by atoms with Crippen LogP contribution in [-0.4, -0.2) is 17.0 Å². The molecule has 0 saturated carbocycles. The molecule has 2 unspecified atom stereocenters. The molecule has 2 atom stereocenters. The molecule has 4 nitrogen and oxygen atoms in total. The number of nitrogens with one attached hydrogen (secondary N) is 1.